The van der Waals surface area contributed by atoms with E-state index in [-0.39, 0.29) is 23.8 Å². The molecule has 0 heterocycles. The van der Waals surface area contributed by atoms with E-state index in [4.69, 9.17) is 16.2 Å². The molecule has 3 unspecified atom stereocenters. The van der Waals surface area contributed by atoms with Crippen LogP contribution in [0.1, 0.15) is 23.7 Å². The third kappa shape index (κ3) is 2.85. The van der Waals surface area contributed by atoms with Crippen LogP contribution in [0.25, 0.3) is 0 Å². The number of nitrogens with one attached hydrogen (secondary N) is 1. The molecular formula is C13H18FN3O2. The lowest BCUT2D eigenvalue weighted by atomic mass is 9.83. The number of ether oxygens (including phenoxy) is 1. The van der Waals surface area contributed by atoms with Gasteiger partial charge < -0.3 is 21.5 Å². The number of halogens is 1. The van der Waals surface area contributed by atoms with Gasteiger partial charge in [0.15, 0.2) is 0 Å². The summed E-state index contributed by atoms with van der Waals surface area (Å²) in [6, 6.07) is 3.73. The van der Waals surface area contributed by atoms with Crippen molar-refractivity contribution in [3.8, 4) is 0 Å². The van der Waals surface area contributed by atoms with Crippen LogP contribution in [0.5, 0.6) is 0 Å². The highest BCUT2D eigenvalue weighted by Gasteiger charge is 2.39. The zero-order valence-corrected chi connectivity index (χ0v) is 10.7. The first-order valence-electron chi connectivity index (χ1n) is 6.26. The van der Waals surface area contributed by atoms with Gasteiger partial charge in [-0.1, -0.05) is 0 Å². The van der Waals surface area contributed by atoms with Gasteiger partial charge in [0.25, 0.3) is 5.91 Å². The van der Waals surface area contributed by atoms with E-state index in [1.165, 1.54) is 12.1 Å². The minimum absolute atomic E-state index is 0.00535. The van der Waals surface area contributed by atoms with Crippen LogP contribution in [-0.4, -0.2) is 30.7 Å². The van der Waals surface area contributed by atoms with Crippen molar-refractivity contribution in [1.29, 1.82) is 0 Å². The van der Waals surface area contributed by atoms with Crippen LogP contribution in [0.2, 0.25) is 0 Å². The van der Waals surface area contributed by atoms with Crippen molar-refractivity contribution in [1.82, 2.24) is 0 Å². The van der Waals surface area contributed by atoms with E-state index in [9.17, 15) is 9.18 Å². The Hall–Kier alpha value is -1.66. The fourth-order valence-corrected chi connectivity index (χ4v) is 2.25. The molecule has 5 nitrogen and oxygen atoms in total. The number of amides is 1. The Kier molecular flexibility index (Phi) is 4.01. The van der Waals surface area contributed by atoms with Crippen molar-refractivity contribution < 1.29 is 13.9 Å². The van der Waals surface area contributed by atoms with E-state index in [2.05, 4.69) is 5.32 Å². The molecular weight excluding hydrogens is 249 g/mol. The molecule has 3 atom stereocenters. The van der Waals surface area contributed by atoms with Gasteiger partial charge in [-0.2, -0.15) is 0 Å². The van der Waals surface area contributed by atoms with Gasteiger partial charge in [-0.25, -0.2) is 4.39 Å². The molecule has 0 aliphatic heterocycles. The van der Waals surface area contributed by atoms with Crippen molar-refractivity contribution in [2.24, 2.45) is 11.5 Å². The zero-order chi connectivity index (χ0) is 14.0. The number of benzene rings is 1. The van der Waals surface area contributed by atoms with Gasteiger partial charge in [0, 0.05) is 18.3 Å². The summed E-state index contributed by atoms with van der Waals surface area (Å²) in [4.78, 5) is 11.3. The third-order valence-corrected chi connectivity index (χ3v) is 3.32. The normalized spacial score (nSPS) is 25.7. The molecule has 5 N–H and O–H groups in total. The number of hydrogen-bond donors (Lipinski definition) is 3. The second kappa shape index (κ2) is 5.54. The fourth-order valence-electron chi connectivity index (χ4n) is 2.25. The number of rotatable bonds is 5. The summed E-state index contributed by atoms with van der Waals surface area (Å²) in [6.45, 7) is 2.51. The molecule has 2 rings (SSSR count). The van der Waals surface area contributed by atoms with E-state index in [1.807, 2.05) is 6.92 Å². The predicted molar refractivity (Wildman–Crippen MR) is 70.3 cm³/mol. The van der Waals surface area contributed by atoms with E-state index < -0.39 is 11.7 Å². The highest BCUT2D eigenvalue weighted by molar-refractivity contribution is 5.98. The highest BCUT2D eigenvalue weighted by atomic mass is 19.1. The Morgan fingerprint density at radius 2 is 2.32 bits per heavy atom. The first-order valence-corrected chi connectivity index (χ1v) is 6.26. The summed E-state index contributed by atoms with van der Waals surface area (Å²) in [7, 11) is 0. The van der Waals surface area contributed by atoms with Gasteiger partial charge in [-0.05, 0) is 31.5 Å². The molecule has 1 aliphatic carbocycles. The van der Waals surface area contributed by atoms with Gasteiger partial charge >= 0.3 is 0 Å². The van der Waals surface area contributed by atoms with Gasteiger partial charge in [0.05, 0.1) is 17.7 Å². The lowest BCUT2D eigenvalue weighted by Gasteiger charge is -2.43. The number of hydrogen-bond acceptors (Lipinski definition) is 4. The molecule has 1 aliphatic rings. The van der Waals surface area contributed by atoms with Crippen LogP contribution in [-0.2, 0) is 4.74 Å². The topological polar surface area (TPSA) is 90.4 Å². The average Bonchev–Trinajstić information content (AvgIpc) is 2.36. The summed E-state index contributed by atoms with van der Waals surface area (Å²) in [5, 5.41) is 3.12. The number of carbonyl (C=O) groups excluding carboxylic acids is 1. The van der Waals surface area contributed by atoms with E-state index in [0.717, 1.165) is 12.5 Å². The van der Waals surface area contributed by atoms with Crippen LogP contribution >= 0.6 is 0 Å². The van der Waals surface area contributed by atoms with Gasteiger partial charge in [0.1, 0.15) is 5.82 Å². The fraction of sp³-hybridized carbons (Fsp3) is 0.462. The zero-order valence-electron chi connectivity index (χ0n) is 10.7. The average molecular weight is 267 g/mol. The molecule has 1 fully saturated rings. The Morgan fingerprint density at radius 1 is 1.58 bits per heavy atom. The van der Waals surface area contributed by atoms with Crippen LogP contribution in [0.3, 0.4) is 0 Å². The summed E-state index contributed by atoms with van der Waals surface area (Å²) < 4.78 is 18.7. The van der Waals surface area contributed by atoms with Crippen LogP contribution in [0.4, 0.5) is 10.1 Å². The Labute approximate surface area is 111 Å². The van der Waals surface area contributed by atoms with Crippen LogP contribution in [0, 0.1) is 5.82 Å². The Morgan fingerprint density at radius 3 is 2.89 bits per heavy atom. The molecule has 0 bridgehead atoms. The molecule has 104 valence electrons. The first-order chi connectivity index (χ1) is 9.02. The second-order valence-corrected chi connectivity index (χ2v) is 4.62. The van der Waals surface area contributed by atoms with Crippen LogP contribution in [0.15, 0.2) is 18.2 Å². The number of nitrogens with two attached hydrogens (primary N) is 2. The van der Waals surface area contributed by atoms with E-state index >= 15 is 0 Å². The molecule has 1 amide bonds. The minimum Gasteiger partial charge on any atom is -0.377 e. The van der Waals surface area contributed by atoms with E-state index in [1.54, 1.807) is 0 Å². The predicted octanol–water partition coefficient (Wildman–Crippen LogP) is 0.841. The number of carbonyl (C=O) groups is 1. The maximum Gasteiger partial charge on any atom is 0.250 e. The maximum absolute atomic E-state index is 13.1. The molecule has 0 radical (unpaired) electrons. The lowest BCUT2D eigenvalue weighted by molar-refractivity contribution is -0.0126. The van der Waals surface area contributed by atoms with E-state index in [0.29, 0.717) is 12.3 Å². The molecule has 0 spiro atoms. The Balaban J connectivity index is 2.16. The molecule has 0 aromatic heterocycles. The lowest BCUT2D eigenvalue weighted by Crippen LogP contribution is -2.60. The molecule has 1 saturated carbocycles. The molecule has 19 heavy (non-hydrogen) atoms. The van der Waals surface area contributed by atoms with Crippen molar-refractivity contribution in [2.75, 3.05) is 11.9 Å². The molecule has 6 heteroatoms. The SMILES string of the molecule is CCOC1CC(N)C1Nc1ccc(F)cc1C(N)=O. The maximum atomic E-state index is 13.1. The smallest absolute Gasteiger partial charge is 0.250 e. The van der Waals surface area contributed by atoms with Crippen molar-refractivity contribution in [2.45, 2.75) is 31.5 Å². The van der Waals surface area contributed by atoms with Crippen molar-refractivity contribution in [3.63, 3.8) is 0 Å². The largest absolute Gasteiger partial charge is 0.377 e. The Bertz CT molecular complexity index is 479. The van der Waals surface area contributed by atoms with Gasteiger partial charge in [-0.15, -0.1) is 0 Å². The van der Waals surface area contributed by atoms with Crippen molar-refractivity contribution in [3.05, 3.63) is 29.6 Å². The third-order valence-electron chi connectivity index (χ3n) is 3.32. The summed E-state index contributed by atoms with van der Waals surface area (Å²) >= 11 is 0. The molecule has 1 aromatic carbocycles. The molecule has 0 saturated heterocycles. The standard InChI is InChI=1S/C13H18FN3O2/c1-2-19-11-6-9(15)12(11)17-10-4-3-7(14)5-8(10)13(16)18/h3-5,9,11-12,17H,2,6,15H2,1H3,(H2,16,18). The first kappa shape index (κ1) is 13.8. The second-order valence-electron chi connectivity index (χ2n) is 4.62. The molecule has 1 aromatic rings. The van der Waals surface area contributed by atoms with Crippen molar-refractivity contribution >= 4 is 11.6 Å². The minimum atomic E-state index is -0.678. The summed E-state index contributed by atoms with van der Waals surface area (Å²) in [5.74, 6) is -1.18. The monoisotopic (exact) mass is 267 g/mol. The summed E-state index contributed by atoms with van der Waals surface area (Å²) in [6.07, 6.45) is 0.768. The van der Waals surface area contributed by atoms with Gasteiger partial charge in [-0.3, -0.25) is 4.79 Å². The number of primary amides is 1. The van der Waals surface area contributed by atoms with Crippen LogP contribution < -0.4 is 16.8 Å². The highest BCUT2D eigenvalue weighted by Crippen LogP contribution is 2.28. The quantitative estimate of drug-likeness (QED) is 0.737. The summed E-state index contributed by atoms with van der Waals surface area (Å²) in [5.41, 5.74) is 11.8. The van der Waals surface area contributed by atoms with Gasteiger partial charge in [0.2, 0.25) is 0 Å². The number of anilines is 1.